The fourth-order valence-electron chi connectivity index (χ4n) is 2.02. The lowest BCUT2D eigenvalue weighted by Crippen LogP contribution is -2.43. The number of hydrogen-bond donors (Lipinski definition) is 1. The van der Waals surface area contributed by atoms with Crippen molar-refractivity contribution >= 4 is 11.4 Å². The van der Waals surface area contributed by atoms with E-state index >= 15 is 0 Å². The minimum absolute atomic E-state index is 0.236. The second-order valence-electron chi connectivity index (χ2n) is 4.20. The fraction of sp³-hybridized carbons (Fsp3) is 0.455. The van der Waals surface area contributed by atoms with Gasteiger partial charge in [0.2, 0.25) is 0 Å². The van der Waals surface area contributed by atoms with Gasteiger partial charge >= 0.3 is 6.18 Å². The summed E-state index contributed by atoms with van der Waals surface area (Å²) in [6, 6.07) is 2.65. The summed E-state index contributed by atoms with van der Waals surface area (Å²) in [5.41, 5.74) is -1.27. The number of piperazine rings is 1. The van der Waals surface area contributed by atoms with Gasteiger partial charge in [0.05, 0.1) is 10.5 Å². The van der Waals surface area contributed by atoms with Crippen LogP contribution in [0.5, 0.6) is 0 Å². The Morgan fingerprint density at radius 3 is 2.42 bits per heavy atom. The minimum Gasteiger partial charge on any atom is -0.363 e. The van der Waals surface area contributed by atoms with E-state index in [0.29, 0.717) is 32.2 Å². The highest BCUT2D eigenvalue weighted by molar-refractivity contribution is 5.65. The molecule has 1 heterocycles. The zero-order chi connectivity index (χ0) is 14.0. The molecule has 5 nitrogen and oxygen atoms in total. The monoisotopic (exact) mass is 275 g/mol. The number of nitrogens with zero attached hydrogens (tertiary/aromatic N) is 2. The number of nitro groups is 1. The van der Waals surface area contributed by atoms with Gasteiger partial charge in [-0.15, -0.1) is 0 Å². The molecule has 0 radical (unpaired) electrons. The number of halogens is 3. The van der Waals surface area contributed by atoms with Gasteiger partial charge in [-0.05, 0) is 12.1 Å². The number of anilines is 1. The summed E-state index contributed by atoms with van der Waals surface area (Å²) in [5.74, 6) is 0. The van der Waals surface area contributed by atoms with Crippen LogP contribution in [0.15, 0.2) is 18.2 Å². The summed E-state index contributed by atoms with van der Waals surface area (Å²) < 4.78 is 37.7. The summed E-state index contributed by atoms with van der Waals surface area (Å²) in [7, 11) is 0. The van der Waals surface area contributed by atoms with Crippen molar-refractivity contribution in [2.24, 2.45) is 0 Å². The molecule has 1 aliphatic heterocycles. The van der Waals surface area contributed by atoms with Crippen LogP contribution in [0.4, 0.5) is 24.5 Å². The first-order valence-corrected chi connectivity index (χ1v) is 5.71. The molecule has 104 valence electrons. The SMILES string of the molecule is O=[N+]([O-])c1cc(C(F)(F)F)ccc1N1CCNCC1. The lowest BCUT2D eigenvalue weighted by atomic mass is 10.1. The Bertz CT molecular complexity index is 485. The average molecular weight is 275 g/mol. The third-order valence-corrected chi connectivity index (χ3v) is 2.96. The van der Waals surface area contributed by atoms with E-state index in [-0.39, 0.29) is 5.69 Å². The second kappa shape index (κ2) is 5.04. The molecule has 1 aliphatic rings. The standard InChI is InChI=1S/C11H12F3N3O2/c12-11(13,14)8-1-2-9(10(7-8)17(18)19)16-5-3-15-4-6-16/h1-2,7,15H,3-6H2. The van der Waals surface area contributed by atoms with Gasteiger partial charge in [0.1, 0.15) is 5.69 Å². The molecule has 0 saturated carbocycles. The molecule has 0 bridgehead atoms. The van der Waals surface area contributed by atoms with Crippen molar-refractivity contribution in [2.75, 3.05) is 31.1 Å². The largest absolute Gasteiger partial charge is 0.416 e. The Labute approximate surface area is 107 Å². The third-order valence-electron chi connectivity index (χ3n) is 2.96. The molecule has 0 spiro atoms. The topological polar surface area (TPSA) is 58.4 Å². The number of rotatable bonds is 2. The average Bonchev–Trinajstić information content (AvgIpc) is 2.38. The highest BCUT2D eigenvalue weighted by atomic mass is 19.4. The van der Waals surface area contributed by atoms with Crippen LogP contribution in [0.25, 0.3) is 0 Å². The Balaban J connectivity index is 2.40. The van der Waals surface area contributed by atoms with Crippen LogP contribution in [-0.2, 0) is 6.18 Å². The van der Waals surface area contributed by atoms with Crippen LogP contribution < -0.4 is 10.2 Å². The van der Waals surface area contributed by atoms with Gasteiger partial charge in [-0.2, -0.15) is 13.2 Å². The predicted octanol–water partition coefficient (Wildman–Crippen LogP) is 2.02. The maximum Gasteiger partial charge on any atom is 0.416 e. The van der Waals surface area contributed by atoms with Crippen molar-refractivity contribution in [1.29, 1.82) is 0 Å². The zero-order valence-electron chi connectivity index (χ0n) is 9.91. The lowest BCUT2D eigenvalue weighted by molar-refractivity contribution is -0.384. The smallest absolute Gasteiger partial charge is 0.363 e. The van der Waals surface area contributed by atoms with Crippen LogP contribution in [-0.4, -0.2) is 31.1 Å². The Kier molecular flexibility index (Phi) is 3.61. The summed E-state index contributed by atoms with van der Waals surface area (Å²) >= 11 is 0. The fourth-order valence-corrected chi connectivity index (χ4v) is 2.02. The van der Waals surface area contributed by atoms with E-state index in [1.165, 1.54) is 6.07 Å². The molecular weight excluding hydrogens is 263 g/mol. The van der Waals surface area contributed by atoms with Crippen LogP contribution in [0.1, 0.15) is 5.56 Å². The molecule has 19 heavy (non-hydrogen) atoms. The predicted molar refractivity (Wildman–Crippen MR) is 63.2 cm³/mol. The van der Waals surface area contributed by atoms with Crippen molar-refractivity contribution in [3.8, 4) is 0 Å². The molecule has 1 fully saturated rings. The number of benzene rings is 1. The van der Waals surface area contributed by atoms with E-state index in [4.69, 9.17) is 0 Å². The molecule has 1 aromatic carbocycles. The molecule has 0 aromatic heterocycles. The molecule has 0 atom stereocenters. The van der Waals surface area contributed by atoms with Gasteiger partial charge in [0.25, 0.3) is 5.69 Å². The number of hydrogen-bond acceptors (Lipinski definition) is 4. The molecule has 1 aromatic rings. The van der Waals surface area contributed by atoms with Crippen molar-refractivity contribution in [1.82, 2.24) is 5.32 Å². The van der Waals surface area contributed by atoms with Crippen molar-refractivity contribution in [3.05, 3.63) is 33.9 Å². The van der Waals surface area contributed by atoms with Crippen molar-refractivity contribution in [2.45, 2.75) is 6.18 Å². The summed E-state index contributed by atoms with van der Waals surface area (Å²) in [5, 5.41) is 14.0. The zero-order valence-corrected chi connectivity index (χ0v) is 9.91. The van der Waals surface area contributed by atoms with Crippen molar-refractivity contribution in [3.63, 3.8) is 0 Å². The molecule has 0 aliphatic carbocycles. The lowest BCUT2D eigenvalue weighted by Gasteiger charge is -2.29. The maximum absolute atomic E-state index is 12.6. The second-order valence-corrected chi connectivity index (χ2v) is 4.20. The van der Waals surface area contributed by atoms with Gasteiger partial charge < -0.3 is 10.2 Å². The van der Waals surface area contributed by atoms with E-state index in [2.05, 4.69) is 5.32 Å². The molecule has 1 N–H and O–H groups in total. The maximum atomic E-state index is 12.6. The molecule has 2 rings (SSSR count). The number of nitrogens with one attached hydrogen (secondary N) is 1. The first kappa shape index (κ1) is 13.6. The summed E-state index contributed by atoms with van der Waals surface area (Å²) in [6.45, 7) is 2.37. The first-order chi connectivity index (χ1) is 8.89. The molecular formula is C11H12F3N3O2. The van der Waals surface area contributed by atoms with E-state index in [1.54, 1.807) is 4.90 Å². The van der Waals surface area contributed by atoms with Crippen LogP contribution >= 0.6 is 0 Å². The molecule has 1 saturated heterocycles. The summed E-state index contributed by atoms with van der Waals surface area (Å²) in [4.78, 5) is 11.9. The molecule has 0 amide bonds. The highest BCUT2D eigenvalue weighted by Gasteiger charge is 2.33. The van der Waals surface area contributed by atoms with Crippen LogP contribution in [0, 0.1) is 10.1 Å². The summed E-state index contributed by atoms with van der Waals surface area (Å²) in [6.07, 6.45) is -4.58. The van der Waals surface area contributed by atoms with Gasteiger partial charge in [0.15, 0.2) is 0 Å². The van der Waals surface area contributed by atoms with Crippen LogP contribution in [0.3, 0.4) is 0 Å². The van der Waals surface area contributed by atoms with Crippen molar-refractivity contribution < 1.29 is 18.1 Å². The highest BCUT2D eigenvalue weighted by Crippen LogP contribution is 2.36. The minimum atomic E-state index is -4.58. The Morgan fingerprint density at radius 2 is 1.89 bits per heavy atom. The number of alkyl halides is 3. The molecule has 0 unspecified atom stereocenters. The Hall–Kier alpha value is -1.83. The first-order valence-electron chi connectivity index (χ1n) is 5.71. The normalized spacial score (nSPS) is 16.5. The van der Waals surface area contributed by atoms with Gasteiger partial charge in [-0.1, -0.05) is 0 Å². The van der Waals surface area contributed by atoms with E-state index in [9.17, 15) is 23.3 Å². The van der Waals surface area contributed by atoms with Gasteiger partial charge in [0, 0.05) is 32.2 Å². The van der Waals surface area contributed by atoms with Crippen LogP contribution in [0.2, 0.25) is 0 Å². The Morgan fingerprint density at radius 1 is 1.26 bits per heavy atom. The molecule has 8 heteroatoms. The van der Waals surface area contributed by atoms with Gasteiger partial charge in [-0.3, -0.25) is 10.1 Å². The van der Waals surface area contributed by atoms with Gasteiger partial charge in [-0.25, -0.2) is 0 Å². The third kappa shape index (κ3) is 2.95. The number of nitro benzene ring substituents is 1. The van der Waals surface area contributed by atoms with E-state index in [1.807, 2.05) is 0 Å². The van der Waals surface area contributed by atoms with E-state index in [0.717, 1.165) is 6.07 Å². The van der Waals surface area contributed by atoms with E-state index < -0.39 is 22.4 Å². The quantitative estimate of drug-likeness (QED) is 0.662.